The van der Waals surface area contributed by atoms with Crippen LogP contribution < -0.4 is 5.32 Å². The molecule has 0 radical (unpaired) electrons. The Morgan fingerprint density at radius 1 is 1.07 bits per heavy atom. The minimum atomic E-state index is -3.74. The molecule has 1 fully saturated rings. The minimum Gasteiger partial charge on any atom is -0.459 e. The van der Waals surface area contributed by atoms with E-state index in [1.807, 2.05) is 0 Å². The van der Waals surface area contributed by atoms with Crippen molar-refractivity contribution in [2.75, 3.05) is 32.7 Å². The van der Waals surface area contributed by atoms with Gasteiger partial charge < -0.3 is 14.6 Å². The maximum Gasteiger partial charge on any atom is 0.286 e. The van der Waals surface area contributed by atoms with E-state index in [-0.39, 0.29) is 49.2 Å². The number of benzene rings is 1. The highest BCUT2D eigenvalue weighted by molar-refractivity contribution is 7.89. The summed E-state index contributed by atoms with van der Waals surface area (Å²) in [6.45, 7) is 1.28. The van der Waals surface area contributed by atoms with Gasteiger partial charge in [-0.1, -0.05) is 0 Å². The number of amides is 2. The highest BCUT2D eigenvalue weighted by Crippen LogP contribution is 2.18. The van der Waals surface area contributed by atoms with Crippen LogP contribution in [0.25, 0.3) is 0 Å². The Balaban J connectivity index is 1.51. The zero-order valence-electron chi connectivity index (χ0n) is 15.7. The van der Waals surface area contributed by atoms with Crippen LogP contribution in [0.3, 0.4) is 0 Å². The number of sulfonamides is 1. The second-order valence-corrected chi connectivity index (χ2v) is 8.51. The Morgan fingerprint density at radius 3 is 2.52 bits per heavy atom. The van der Waals surface area contributed by atoms with E-state index in [0.29, 0.717) is 13.0 Å². The molecule has 0 bridgehead atoms. The number of rotatable bonds is 6. The van der Waals surface area contributed by atoms with Gasteiger partial charge in [0.05, 0.1) is 11.2 Å². The summed E-state index contributed by atoms with van der Waals surface area (Å²) in [7, 11) is -3.74. The number of carbonyl (C=O) groups excluding carboxylic acids is 2. The molecule has 3 rings (SSSR count). The van der Waals surface area contributed by atoms with Crippen molar-refractivity contribution >= 4 is 21.8 Å². The molecule has 1 aromatic heterocycles. The van der Waals surface area contributed by atoms with Crippen molar-refractivity contribution in [3.05, 3.63) is 54.2 Å². The highest BCUT2D eigenvalue weighted by atomic mass is 32.2. The molecule has 0 atom stereocenters. The summed E-state index contributed by atoms with van der Waals surface area (Å²) in [6, 6.07) is 7.82. The molecule has 2 heterocycles. The second-order valence-electron chi connectivity index (χ2n) is 6.58. The van der Waals surface area contributed by atoms with E-state index >= 15 is 0 Å². The Hall–Kier alpha value is -2.72. The van der Waals surface area contributed by atoms with Crippen molar-refractivity contribution in [3.63, 3.8) is 0 Å². The summed E-state index contributed by atoms with van der Waals surface area (Å²) in [4.78, 5) is 25.8. The molecule has 2 amide bonds. The summed E-state index contributed by atoms with van der Waals surface area (Å²) in [6.07, 6.45) is 1.99. The van der Waals surface area contributed by atoms with Crippen LogP contribution in [0.1, 0.15) is 23.4 Å². The van der Waals surface area contributed by atoms with Gasteiger partial charge in [-0.15, -0.1) is 0 Å². The lowest BCUT2D eigenvalue weighted by Crippen LogP contribution is -2.38. The number of nitrogens with one attached hydrogen (secondary N) is 1. The number of nitrogens with zero attached hydrogens (tertiary/aromatic N) is 2. The Labute approximate surface area is 168 Å². The third kappa shape index (κ3) is 5.21. The third-order valence-corrected chi connectivity index (χ3v) is 6.54. The molecule has 1 saturated heterocycles. The van der Waals surface area contributed by atoms with E-state index in [4.69, 9.17) is 4.42 Å². The van der Waals surface area contributed by atoms with Gasteiger partial charge in [0.1, 0.15) is 5.82 Å². The standard InChI is InChI=1S/C19H22FN3O5S/c20-15-4-6-16(7-5-15)29(26,27)23-11-2-10-22(12-13-23)18(24)8-9-21-19(25)17-3-1-14-28-17/h1,3-7,14H,2,8-13H2,(H,21,25). The zero-order chi connectivity index (χ0) is 20.9. The Bertz CT molecular complexity index is 945. The zero-order valence-corrected chi connectivity index (χ0v) is 16.5. The topological polar surface area (TPSA) is 99.9 Å². The maximum absolute atomic E-state index is 13.1. The second kappa shape index (κ2) is 9.19. The smallest absolute Gasteiger partial charge is 0.286 e. The summed E-state index contributed by atoms with van der Waals surface area (Å²) in [5.41, 5.74) is 0. The molecule has 2 aromatic rings. The quantitative estimate of drug-likeness (QED) is 0.758. The molecule has 10 heteroatoms. The first-order valence-electron chi connectivity index (χ1n) is 9.23. The van der Waals surface area contributed by atoms with Crippen molar-refractivity contribution in [1.82, 2.24) is 14.5 Å². The predicted octanol–water partition coefficient (Wildman–Crippen LogP) is 1.46. The fourth-order valence-corrected chi connectivity index (χ4v) is 4.54. The fourth-order valence-electron chi connectivity index (χ4n) is 3.08. The molecule has 1 aliphatic heterocycles. The number of carbonyl (C=O) groups is 2. The first-order valence-corrected chi connectivity index (χ1v) is 10.7. The van der Waals surface area contributed by atoms with Crippen LogP contribution in [0.4, 0.5) is 4.39 Å². The molecular formula is C19H22FN3O5S. The minimum absolute atomic E-state index is 0.0271. The van der Waals surface area contributed by atoms with Crippen LogP contribution in [-0.4, -0.2) is 62.2 Å². The normalized spacial score (nSPS) is 15.7. The van der Waals surface area contributed by atoms with Gasteiger partial charge in [0, 0.05) is 39.1 Å². The fraction of sp³-hybridized carbons (Fsp3) is 0.368. The average Bonchev–Trinajstić information content (AvgIpc) is 3.12. The van der Waals surface area contributed by atoms with Crippen LogP contribution in [0.2, 0.25) is 0 Å². The molecule has 1 N–H and O–H groups in total. The first kappa shape index (κ1) is 21.0. The molecule has 0 saturated carbocycles. The van der Waals surface area contributed by atoms with E-state index in [9.17, 15) is 22.4 Å². The van der Waals surface area contributed by atoms with Crippen LogP contribution in [-0.2, 0) is 14.8 Å². The lowest BCUT2D eigenvalue weighted by molar-refractivity contribution is -0.130. The average molecular weight is 423 g/mol. The summed E-state index contributed by atoms with van der Waals surface area (Å²) < 4.78 is 44.8. The Kier molecular flexibility index (Phi) is 6.65. The molecule has 0 aliphatic carbocycles. The van der Waals surface area contributed by atoms with E-state index in [2.05, 4.69) is 5.32 Å². The predicted molar refractivity (Wildman–Crippen MR) is 102 cm³/mol. The van der Waals surface area contributed by atoms with Gasteiger partial charge in [-0.25, -0.2) is 12.8 Å². The Morgan fingerprint density at radius 2 is 1.83 bits per heavy atom. The van der Waals surface area contributed by atoms with E-state index in [1.54, 1.807) is 11.0 Å². The third-order valence-electron chi connectivity index (χ3n) is 4.63. The van der Waals surface area contributed by atoms with Gasteiger partial charge in [-0.2, -0.15) is 4.31 Å². The lowest BCUT2D eigenvalue weighted by atomic mass is 10.3. The van der Waals surface area contributed by atoms with Crippen molar-refractivity contribution in [2.24, 2.45) is 0 Å². The van der Waals surface area contributed by atoms with Gasteiger partial charge in [0.2, 0.25) is 15.9 Å². The van der Waals surface area contributed by atoms with Gasteiger partial charge in [0.25, 0.3) is 5.91 Å². The SMILES string of the molecule is O=C(NCCC(=O)N1CCCN(S(=O)(=O)c2ccc(F)cc2)CC1)c1ccco1. The molecule has 8 nitrogen and oxygen atoms in total. The van der Waals surface area contributed by atoms with E-state index in [0.717, 1.165) is 12.1 Å². The van der Waals surface area contributed by atoms with Crippen LogP contribution in [0.5, 0.6) is 0 Å². The van der Waals surface area contributed by atoms with Gasteiger partial charge in [-0.05, 0) is 42.8 Å². The first-order chi connectivity index (χ1) is 13.9. The molecule has 0 unspecified atom stereocenters. The summed E-state index contributed by atoms with van der Waals surface area (Å²) >= 11 is 0. The molecular weight excluding hydrogens is 401 g/mol. The number of hydrogen-bond donors (Lipinski definition) is 1. The maximum atomic E-state index is 13.1. The number of furan rings is 1. The molecule has 1 aromatic carbocycles. The van der Waals surface area contributed by atoms with Gasteiger partial charge in [0.15, 0.2) is 5.76 Å². The molecule has 29 heavy (non-hydrogen) atoms. The summed E-state index contributed by atoms with van der Waals surface area (Å²) in [5, 5.41) is 2.61. The molecule has 0 spiro atoms. The van der Waals surface area contributed by atoms with Crippen LogP contribution in [0.15, 0.2) is 52.0 Å². The molecule has 156 valence electrons. The van der Waals surface area contributed by atoms with Crippen molar-refractivity contribution < 1.29 is 26.8 Å². The largest absolute Gasteiger partial charge is 0.459 e. The van der Waals surface area contributed by atoms with Crippen LogP contribution in [0, 0.1) is 5.82 Å². The van der Waals surface area contributed by atoms with Crippen LogP contribution >= 0.6 is 0 Å². The summed E-state index contributed by atoms with van der Waals surface area (Å²) in [5.74, 6) is -0.884. The van der Waals surface area contributed by atoms with Crippen molar-refractivity contribution in [3.8, 4) is 0 Å². The van der Waals surface area contributed by atoms with Gasteiger partial charge >= 0.3 is 0 Å². The number of hydrogen-bond acceptors (Lipinski definition) is 5. The lowest BCUT2D eigenvalue weighted by Gasteiger charge is -2.22. The van der Waals surface area contributed by atoms with E-state index in [1.165, 1.54) is 28.8 Å². The van der Waals surface area contributed by atoms with E-state index < -0.39 is 21.7 Å². The highest BCUT2D eigenvalue weighted by Gasteiger charge is 2.28. The van der Waals surface area contributed by atoms with Gasteiger partial charge in [-0.3, -0.25) is 9.59 Å². The molecule has 1 aliphatic rings. The van der Waals surface area contributed by atoms with Crippen molar-refractivity contribution in [1.29, 1.82) is 0 Å². The monoisotopic (exact) mass is 423 g/mol. The van der Waals surface area contributed by atoms with Crippen molar-refractivity contribution in [2.45, 2.75) is 17.7 Å². The number of halogens is 1.